The Bertz CT molecular complexity index is 1360. The highest BCUT2D eigenvalue weighted by molar-refractivity contribution is 5.65. The molecular formula is C30H39FN6O3. The van der Waals surface area contributed by atoms with E-state index in [0.717, 1.165) is 63.2 Å². The quantitative estimate of drug-likeness (QED) is 0.498. The van der Waals surface area contributed by atoms with Gasteiger partial charge in [-0.25, -0.2) is 13.9 Å². The zero-order valence-electron chi connectivity index (χ0n) is 23.3. The molecular weight excluding hydrogens is 511 g/mol. The number of anilines is 1. The van der Waals surface area contributed by atoms with Gasteiger partial charge in [-0.2, -0.15) is 5.10 Å². The number of piperidine rings is 1. The topological polar surface area (TPSA) is 90.4 Å². The van der Waals surface area contributed by atoms with Crippen molar-refractivity contribution in [3.8, 4) is 0 Å². The Balaban J connectivity index is 1.04. The van der Waals surface area contributed by atoms with E-state index in [1.165, 1.54) is 24.7 Å². The van der Waals surface area contributed by atoms with Crippen molar-refractivity contribution in [1.82, 2.24) is 24.4 Å². The van der Waals surface area contributed by atoms with Crippen LogP contribution in [0.15, 0.2) is 42.7 Å². The first kappa shape index (κ1) is 26.3. The molecule has 4 fully saturated rings. The summed E-state index contributed by atoms with van der Waals surface area (Å²) >= 11 is 0. The van der Waals surface area contributed by atoms with Gasteiger partial charge in [0.2, 0.25) is 0 Å². The molecule has 2 N–H and O–H groups in total. The number of fused-ring (bicyclic) bond motifs is 2. The van der Waals surface area contributed by atoms with Crippen LogP contribution in [0.2, 0.25) is 0 Å². The summed E-state index contributed by atoms with van der Waals surface area (Å²) in [6.07, 6.45) is 6.40. The molecule has 4 atom stereocenters. The van der Waals surface area contributed by atoms with Crippen LogP contribution in [-0.4, -0.2) is 86.8 Å². The van der Waals surface area contributed by atoms with Gasteiger partial charge in [0.05, 0.1) is 5.69 Å². The number of hydrogen-bond acceptors (Lipinski definition) is 8. The summed E-state index contributed by atoms with van der Waals surface area (Å²) in [6, 6.07) is 10.9. The van der Waals surface area contributed by atoms with Crippen molar-refractivity contribution >= 4 is 11.3 Å². The number of hydrogen-bond donors (Lipinski definition) is 1. The zero-order chi connectivity index (χ0) is 27.5. The monoisotopic (exact) mass is 550 g/mol. The summed E-state index contributed by atoms with van der Waals surface area (Å²) in [5, 5.41) is 4.46. The fraction of sp³-hybridized carbons (Fsp3) is 0.600. The second-order valence-electron chi connectivity index (χ2n) is 12.4. The normalized spacial score (nSPS) is 30.0. The SMILES string of the molecule is CC1(C)O[C@@H]2[C@H](O1)C(CN1CCCC13CCN(CCc1ccc(F)cc1)CC3)O[C@H]2c1ccc2c(N)ncnn12. The van der Waals surface area contributed by atoms with Crippen molar-refractivity contribution in [2.75, 3.05) is 38.5 Å². The Morgan fingerprint density at radius 1 is 1.00 bits per heavy atom. The Hall–Kier alpha value is -2.63. The third-order valence-corrected chi connectivity index (χ3v) is 9.51. The summed E-state index contributed by atoms with van der Waals surface area (Å²) in [7, 11) is 0. The van der Waals surface area contributed by atoms with Crippen molar-refractivity contribution in [1.29, 1.82) is 0 Å². The standard InChI is InChI=1S/C30H39FN6O3/c1-29(2)39-26-24(38-25(27(26)40-29)22-8-9-23-28(32)33-19-34-37(22)23)18-36-14-3-11-30(36)12-16-35(17-13-30)15-10-20-4-6-21(31)7-5-20/h4-9,19,24-27H,3,10-18H2,1-2H3,(H2,32,33,34)/t24?,25-,26+,27-/m0/s1. The lowest BCUT2D eigenvalue weighted by atomic mass is 9.84. The molecule has 4 aliphatic heterocycles. The van der Waals surface area contributed by atoms with Crippen LogP contribution in [-0.2, 0) is 20.6 Å². The van der Waals surface area contributed by atoms with Gasteiger partial charge in [0.25, 0.3) is 0 Å². The first-order valence-corrected chi connectivity index (χ1v) is 14.6. The molecule has 7 rings (SSSR count). The summed E-state index contributed by atoms with van der Waals surface area (Å²) in [5.74, 6) is -0.401. The number of nitrogens with zero attached hydrogens (tertiary/aromatic N) is 5. The first-order valence-electron chi connectivity index (χ1n) is 14.6. The van der Waals surface area contributed by atoms with Gasteiger partial charge in [0.15, 0.2) is 11.6 Å². The van der Waals surface area contributed by atoms with Gasteiger partial charge in [-0.1, -0.05) is 12.1 Å². The number of likely N-dealkylation sites (tertiary alicyclic amines) is 2. The Kier molecular flexibility index (Phi) is 6.59. The predicted molar refractivity (Wildman–Crippen MR) is 148 cm³/mol. The number of ether oxygens (including phenoxy) is 3. The molecule has 4 saturated heterocycles. The third kappa shape index (κ3) is 4.69. The van der Waals surface area contributed by atoms with Crippen molar-refractivity contribution in [3.63, 3.8) is 0 Å². The second-order valence-corrected chi connectivity index (χ2v) is 12.4. The molecule has 3 aromatic rings. The maximum Gasteiger partial charge on any atom is 0.164 e. The highest BCUT2D eigenvalue weighted by Gasteiger charge is 2.57. The zero-order valence-corrected chi connectivity index (χ0v) is 23.3. The lowest BCUT2D eigenvalue weighted by molar-refractivity contribution is -0.191. The summed E-state index contributed by atoms with van der Waals surface area (Å²) in [6.45, 7) is 9.05. The molecule has 1 aromatic carbocycles. The van der Waals surface area contributed by atoms with E-state index in [2.05, 4.69) is 19.9 Å². The molecule has 0 aliphatic carbocycles. The number of nitrogen functional groups attached to an aromatic ring is 1. The largest absolute Gasteiger partial charge is 0.382 e. The van der Waals surface area contributed by atoms with Gasteiger partial charge in [-0.3, -0.25) is 4.90 Å². The molecule has 9 nitrogen and oxygen atoms in total. The van der Waals surface area contributed by atoms with Crippen LogP contribution in [0.4, 0.5) is 10.2 Å². The summed E-state index contributed by atoms with van der Waals surface area (Å²) in [5.41, 5.74) is 9.19. The van der Waals surface area contributed by atoms with Crippen LogP contribution in [0.1, 0.15) is 56.9 Å². The molecule has 0 saturated carbocycles. The van der Waals surface area contributed by atoms with Gasteiger partial charge < -0.3 is 24.8 Å². The van der Waals surface area contributed by atoms with Crippen molar-refractivity contribution in [2.24, 2.45) is 0 Å². The van der Waals surface area contributed by atoms with Crippen LogP contribution in [0.5, 0.6) is 0 Å². The third-order valence-electron chi connectivity index (χ3n) is 9.51. The molecule has 40 heavy (non-hydrogen) atoms. The van der Waals surface area contributed by atoms with Gasteiger partial charge >= 0.3 is 0 Å². The molecule has 0 bridgehead atoms. The van der Waals surface area contributed by atoms with Crippen LogP contribution < -0.4 is 5.73 Å². The van der Waals surface area contributed by atoms with Crippen molar-refractivity contribution < 1.29 is 18.6 Å². The van der Waals surface area contributed by atoms with E-state index in [1.807, 2.05) is 42.6 Å². The molecule has 2 aromatic heterocycles. The van der Waals surface area contributed by atoms with E-state index in [0.29, 0.717) is 5.82 Å². The molecule has 0 amide bonds. The fourth-order valence-electron chi connectivity index (χ4n) is 7.45. The average Bonchev–Trinajstić information content (AvgIpc) is 3.68. The molecule has 1 spiro atoms. The molecule has 10 heteroatoms. The highest BCUT2D eigenvalue weighted by atomic mass is 19.1. The van der Waals surface area contributed by atoms with Crippen LogP contribution in [0.25, 0.3) is 5.52 Å². The number of aromatic nitrogens is 3. The van der Waals surface area contributed by atoms with Crippen LogP contribution in [0, 0.1) is 5.82 Å². The number of halogens is 1. The first-order chi connectivity index (χ1) is 19.3. The van der Waals surface area contributed by atoms with Crippen molar-refractivity contribution in [3.05, 3.63) is 59.8 Å². The highest BCUT2D eigenvalue weighted by Crippen LogP contribution is 2.47. The molecule has 6 heterocycles. The van der Waals surface area contributed by atoms with E-state index in [1.54, 1.807) is 12.1 Å². The number of rotatable bonds is 6. The van der Waals surface area contributed by atoms with Gasteiger partial charge in [0, 0.05) is 18.6 Å². The Labute approximate surface area is 234 Å². The Morgan fingerprint density at radius 2 is 1.77 bits per heavy atom. The smallest absolute Gasteiger partial charge is 0.164 e. The van der Waals surface area contributed by atoms with E-state index < -0.39 is 5.79 Å². The predicted octanol–water partition coefficient (Wildman–Crippen LogP) is 3.58. The van der Waals surface area contributed by atoms with Crippen LogP contribution >= 0.6 is 0 Å². The fourth-order valence-corrected chi connectivity index (χ4v) is 7.45. The minimum absolute atomic E-state index is 0.104. The molecule has 4 aliphatic rings. The maximum absolute atomic E-state index is 13.3. The van der Waals surface area contributed by atoms with E-state index in [-0.39, 0.29) is 35.8 Å². The van der Waals surface area contributed by atoms with E-state index in [4.69, 9.17) is 19.9 Å². The molecule has 0 radical (unpaired) electrons. The van der Waals surface area contributed by atoms with E-state index >= 15 is 0 Å². The molecule has 214 valence electrons. The van der Waals surface area contributed by atoms with Gasteiger partial charge in [0.1, 0.15) is 42.1 Å². The maximum atomic E-state index is 13.3. The summed E-state index contributed by atoms with van der Waals surface area (Å²) < 4.78 is 34.7. The van der Waals surface area contributed by atoms with Crippen molar-refractivity contribution in [2.45, 2.75) is 81.7 Å². The van der Waals surface area contributed by atoms with Crippen LogP contribution in [0.3, 0.4) is 0 Å². The second kappa shape index (κ2) is 10.0. The minimum atomic E-state index is -0.671. The Morgan fingerprint density at radius 3 is 2.58 bits per heavy atom. The minimum Gasteiger partial charge on any atom is -0.382 e. The molecule has 1 unspecified atom stereocenters. The average molecular weight is 551 g/mol. The van der Waals surface area contributed by atoms with Gasteiger partial charge in [-0.15, -0.1) is 0 Å². The lowest BCUT2D eigenvalue weighted by Crippen LogP contribution is -2.55. The number of nitrogens with two attached hydrogens (primary N) is 1. The lowest BCUT2D eigenvalue weighted by Gasteiger charge is -2.46. The van der Waals surface area contributed by atoms with Gasteiger partial charge in [-0.05, 0) is 95.4 Å². The summed E-state index contributed by atoms with van der Waals surface area (Å²) in [4.78, 5) is 9.37. The number of benzene rings is 1. The van der Waals surface area contributed by atoms with E-state index in [9.17, 15) is 4.39 Å².